The second-order valence-electron chi connectivity index (χ2n) is 7.88. The molecule has 1 aliphatic heterocycles. The van der Waals surface area contributed by atoms with Crippen LogP contribution < -0.4 is 5.32 Å². The maximum Gasteiger partial charge on any atom is 0.317 e. The number of rotatable bonds is 4. The minimum absolute atomic E-state index is 0.0368. The number of amides is 2. The molecule has 0 aromatic heterocycles. The molecule has 1 aromatic carbocycles. The highest BCUT2D eigenvalue weighted by Gasteiger charge is 2.31. The molecule has 2 atom stereocenters. The van der Waals surface area contributed by atoms with Crippen molar-refractivity contribution in [3.8, 4) is 0 Å². The van der Waals surface area contributed by atoms with Crippen molar-refractivity contribution < 1.29 is 9.90 Å². The molecule has 2 N–H and O–H groups in total. The van der Waals surface area contributed by atoms with E-state index in [0.717, 1.165) is 19.5 Å². The maximum absolute atomic E-state index is 12.5. The summed E-state index contributed by atoms with van der Waals surface area (Å²) < 4.78 is 0. The molecule has 5 nitrogen and oxygen atoms in total. The first kappa shape index (κ1) is 17.2. The van der Waals surface area contributed by atoms with E-state index in [9.17, 15) is 9.90 Å². The third-order valence-corrected chi connectivity index (χ3v) is 5.04. The van der Waals surface area contributed by atoms with Gasteiger partial charge in [-0.15, -0.1) is 0 Å². The van der Waals surface area contributed by atoms with Gasteiger partial charge in [0.25, 0.3) is 0 Å². The fourth-order valence-corrected chi connectivity index (χ4v) is 3.88. The number of benzene rings is 1. The fourth-order valence-electron chi connectivity index (χ4n) is 3.88. The van der Waals surface area contributed by atoms with Gasteiger partial charge in [0.1, 0.15) is 0 Å². The Labute approximate surface area is 144 Å². The van der Waals surface area contributed by atoms with Gasteiger partial charge in [0, 0.05) is 44.7 Å². The third-order valence-electron chi connectivity index (χ3n) is 5.04. The average molecular weight is 331 g/mol. The molecule has 0 spiro atoms. The van der Waals surface area contributed by atoms with Gasteiger partial charge in [0.15, 0.2) is 0 Å². The van der Waals surface area contributed by atoms with Crippen LogP contribution >= 0.6 is 0 Å². The van der Waals surface area contributed by atoms with Crippen molar-refractivity contribution >= 4 is 6.03 Å². The first-order chi connectivity index (χ1) is 11.3. The zero-order valence-corrected chi connectivity index (χ0v) is 15.0. The third kappa shape index (κ3) is 3.90. The van der Waals surface area contributed by atoms with E-state index in [1.54, 1.807) is 0 Å². The minimum atomic E-state index is -0.693. The lowest BCUT2D eigenvalue weighted by Gasteiger charge is -2.42. The van der Waals surface area contributed by atoms with E-state index in [2.05, 4.69) is 41.4 Å². The summed E-state index contributed by atoms with van der Waals surface area (Å²) in [5.74, 6) is 0.455. The van der Waals surface area contributed by atoms with Crippen LogP contribution in [0.1, 0.15) is 37.8 Å². The van der Waals surface area contributed by atoms with Crippen LogP contribution in [0.25, 0.3) is 0 Å². The van der Waals surface area contributed by atoms with E-state index in [1.165, 1.54) is 11.1 Å². The van der Waals surface area contributed by atoms with Crippen molar-refractivity contribution in [1.29, 1.82) is 0 Å². The zero-order chi connectivity index (χ0) is 17.3. The number of β-amino-alcohol motifs (C(OH)–C–C–N with tert-alkyl or cyclic N) is 1. The second kappa shape index (κ2) is 6.73. The molecule has 24 heavy (non-hydrogen) atoms. The molecule has 132 valence electrons. The molecular weight excluding hydrogens is 302 g/mol. The van der Waals surface area contributed by atoms with Crippen LogP contribution in [0, 0.1) is 0 Å². The predicted octanol–water partition coefficient (Wildman–Crippen LogP) is 1.81. The molecule has 1 aliphatic carbocycles. The second-order valence-corrected chi connectivity index (χ2v) is 7.88. The summed E-state index contributed by atoms with van der Waals surface area (Å²) in [6.07, 6.45) is 1.06. The van der Waals surface area contributed by atoms with E-state index >= 15 is 0 Å². The Kier molecular flexibility index (Phi) is 4.83. The number of carbonyl (C=O) groups excluding carboxylic acids is 1. The summed E-state index contributed by atoms with van der Waals surface area (Å²) in [5, 5.41) is 13.1. The van der Waals surface area contributed by atoms with E-state index in [0.29, 0.717) is 25.6 Å². The molecule has 2 amide bonds. The Balaban J connectivity index is 1.46. The molecule has 0 bridgehead atoms. The lowest BCUT2D eigenvalue weighted by atomic mass is 9.78. The van der Waals surface area contributed by atoms with Crippen LogP contribution in [0.2, 0.25) is 0 Å². The van der Waals surface area contributed by atoms with Gasteiger partial charge in [0.05, 0.1) is 5.60 Å². The van der Waals surface area contributed by atoms with Gasteiger partial charge in [-0.3, -0.25) is 4.90 Å². The van der Waals surface area contributed by atoms with E-state index < -0.39 is 5.60 Å². The van der Waals surface area contributed by atoms with Crippen LogP contribution in [0.3, 0.4) is 0 Å². The molecule has 5 heteroatoms. The highest BCUT2D eigenvalue weighted by molar-refractivity contribution is 5.74. The number of nitrogens with one attached hydrogen (secondary N) is 1. The number of hydrogen-bond acceptors (Lipinski definition) is 3. The largest absolute Gasteiger partial charge is 0.389 e. The highest BCUT2D eigenvalue weighted by atomic mass is 16.3. The van der Waals surface area contributed by atoms with Gasteiger partial charge in [0.2, 0.25) is 0 Å². The Morgan fingerprint density at radius 3 is 2.75 bits per heavy atom. The standard InChI is InChI=1S/C19H29N3O2/c1-14-12-21(13-19(2,3)24)8-9-22(14)18(23)20-11-16-10-15-6-4-5-7-17(15)16/h4-7,14,16,24H,8-13H2,1-3H3,(H,20,23)/t14-,16+/m0/s1. The predicted molar refractivity (Wildman–Crippen MR) is 95.2 cm³/mol. The number of nitrogens with zero attached hydrogens (tertiary/aromatic N) is 2. The molecule has 1 fully saturated rings. The zero-order valence-electron chi connectivity index (χ0n) is 15.0. The van der Waals surface area contributed by atoms with E-state index in [-0.39, 0.29) is 12.1 Å². The molecule has 1 heterocycles. The van der Waals surface area contributed by atoms with Gasteiger partial charge in [-0.1, -0.05) is 24.3 Å². The molecular formula is C19H29N3O2. The van der Waals surface area contributed by atoms with Crippen molar-refractivity contribution in [1.82, 2.24) is 15.1 Å². The molecule has 1 saturated heterocycles. The Morgan fingerprint density at radius 2 is 2.08 bits per heavy atom. The number of carbonyl (C=O) groups is 1. The molecule has 0 saturated carbocycles. The van der Waals surface area contributed by atoms with Gasteiger partial charge in [-0.2, -0.15) is 0 Å². The SMILES string of the molecule is C[C@H]1CN(CC(C)(C)O)CCN1C(=O)NC[C@H]1Cc2ccccc21. The number of hydrogen-bond donors (Lipinski definition) is 2. The lowest BCUT2D eigenvalue weighted by molar-refractivity contribution is 0.0119. The number of urea groups is 1. The molecule has 0 radical (unpaired) electrons. The molecule has 0 unspecified atom stereocenters. The Morgan fingerprint density at radius 1 is 1.33 bits per heavy atom. The normalized spacial score (nSPS) is 24.2. The van der Waals surface area contributed by atoms with Crippen LogP contribution in [0.15, 0.2) is 24.3 Å². The summed E-state index contributed by atoms with van der Waals surface area (Å²) in [6.45, 7) is 9.43. The Hall–Kier alpha value is -1.59. The van der Waals surface area contributed by atoms with Gasteiger partial charge >= 0.3 is 6.03 Å². The van der Waals surface area contributed by atoms with E-state index in [4.69, 9.17) is 0 Å². The monoisotopic (exact) mass is 331 g/mol. The van der Waals surface area contributed by atoms with Crippen LogP contribution in [-0.4, -0.2) is 65.3 Å². The minimum Gasteiger partial charge on any atom is -0.389 e. The van der Waals surface area contributed by atoms with Gasteiger partial charge < -0.3 is 15.3 Å². The summed E-state index contributed by atoms with van der Waals surface area (Å²) in [4.78, 5) is 16.7. The fraction of sp³-hybridized carbons (Fsp3) is 0.632. The molecule has 3 rings (SSSR count). The first-order valence-corrected chi connectivity index (χ1v) is 8.90. The topological polar surface area (TPSA) is 55.8 Å². The van der Waals surface area contributed by atoms with Crippen molar-refractivity contribution in [2.24, 2.45) is 0 Å². The lowest BCUT2D eigenvalue weighted by Crippen LogP contribution is -2.58. The maximum atomic E-state index is 12.5. The average Bonchev–Trinajstić information content (AvgIpc) is 2.46. The number of fused-ring (bicyclic) bond motifs is 1. The number of piperazine rings is 1. The summed E-state index contributed by atoms with van der Waals surface area (Å²) >= 11 is 0. The van der Waals surface area contributed by atoms with Crippen LogP contribution in [0.4, 0.5) is 4.79 Å². The smallest absolute Gasteiger partial charge is 0.317 e. The quantitative estimate of drug-likeness (QED) is 0.885. The first-order valence-electron chi connectivity index (χ1n) is 8.90. The van der Waals surface area contributed by atoms with Gasteiger partial charge in [-0.05, 0) is 38.3 Å². The summed E-state index contributed by atoms with van der Waals surface area (Å²) in [6, 6.07) is 8.66. The van der Waals surface area contributed by atoms with Crippen LogP contribution in [-0.2, 0) is 6.42 Å². The van der Waals surface area contributed by atoms with Crippen LogP contribution in [0.5, 0.6) is 0 Å². The van der Waals surface area contributed by atoms with Gasteiger partial charge in [-0.25, -0.2) is 4.79 Å². The van der Waals surface area contributed by atoms with Crippen molar-refractivity contribution in [2.45, 2.75) is 44.8 Å². The molecule has 2 aliphatic rings. The summed E-state index contributed by atoms with van der Waals surface area (Å²) in [7, 11) is 0. The highest BCUT2D eigenvalue weighted by Crippen LogP contribution is 2.34. The number of aliphatic hydroxyl groups is 1. The van der Waals surface area contributed by atoms with E-state index in [1.807, 2.05) is 18.7 Å². The van der Waals surface area contributed by atoms with Crippen molar-refractivity contribution in [2.75, 3.05) is 32.7 Å². The molecule has 1 aromatic rings. The summed E-state index contributed by atoms with van der Waals surface area (Å²) in [5.41, 5.74) is 2.09. The van der Waals surface area contributed by atoms with Crippen molar-refractivity contribution in [3.63, 3.8) is 0 Å². The Bertz CT molecular complexity index is 597. The van der Waals surface area contributed by atoms with Crippen molar-refractivity contribution in [3.05, 3.63) is 35.4 Å².